The highest BCUT2D eigenvalue weighted by molar-refractivity contribution is 7.20. The van der Waals surface area contributed by atoms with Crippen molar-refractivity contribution in [3.8, 4) is 0 Å². The number of aryl methyl sites for hydroxylation is 1. The van der Waals surface area contributed by atoms with E-state index in [1.807, 2.05) is 42.5 Å². The van der Waals surface area contributed by atoms with Crippen LogP contribution in [0.5, 0.6) is 0 Å². The molecule has 0 aliphatic carbocycles. The number of nitrogens with one attached hydrogen (secondary N) is 1. The molecule has 0 aliphatic rings. The van der Waals surface area contributed by atoms with E-state index in [-0.39, 0.29) is 12.5 Å². The Balaban J connectivity index is 1.65. The summed E-state index contributed by atoms with van der Waals surface area (Å²) in [5.41, 5.74) is 0.954. The van der Waals surface area contributed by atoms with Gasteiger partial charge in [0.25, 0.3) is 11.5 Å². The Hall–Kier alpha value is -3.16. The first-order valence-electron chi connectivity index (χ1n) is 9.24. The van der Waals surface area contributed by atoms with Gasteiger partial charge in [-0.25, -0.2) is 4.79 Å². The van der Waals surface area contributed by atoms with Crippen LogP contribution in [0.1, 0.15) is 20.8 Å². The third-order valence-corrected chi connectivity index (χ3v) is 6.25. The lowest BCUT2D eigenvalue weighted by Gasteiger charge is -2.08. The van der Waals surface area contributed by atoms with Gasteiger partial charge >= 0.3 is 5.69 Å². The third-order valence-electron chi connectivity index (χ3n) is 4.78. The normalized spacial score (nSPS) is 11.0. The van der Waals surface area contributed by atoms with E-state index in [0.29, 0.717) is 26.7 Å². The average molecular weight is 440 g/mol. The number of amides is 1. The van der Waals surface area contributed by atoms with E-state index in [4.69, 9.17) is 11.6 Å². The average Bonchev–Trinajstić information content (AvgIpc) is 3.21. The number of hydrogen-bond donors (Lipinski definition) is 1. The molecular formula is C22H18ClN3O3S. The van der Waals surface area contributed by atoms with Gasteiger partial charge in [-0.1, -0.05) is 54.1 Å². The molecule has 1 amide bonds. The fourth-order valence-electron chi connectivity index (χ4n) is 3.17. The van der Waals surface area contributed by atoms with Crippen molar-refractivity contribution >= 4 is 39.1 Å². The zero-order chi connectivity index (χ0) is 21.3. The van der Waals surface area contributed by atoms with Gasteiger partial charge in [0, 0.05) is 18.6 Å². The second-order valence-corrected chi connectivity index (χ2v) is 8.32. The smallest absolute Gasteiger partial charge is 0.332 e. The van der Waals surface area contributed by atoms with Crippen LogP contribution < -0.4 is 16.6 Å². The summed E-state index contributed by atoms with van der Waals surface area (Å²) in [6.07, 6.45) is 0. The molecule has 4 rings (SSSR count). The number of carbonyl (C=O) groups is 1. The second kappa shape index (κ2) is 8.30. The fourth-order valence-corrected chi connectivity index (χ4v) is 4.32. The van der Waals surface area contributed by atoms with Crippen LogP contribution in [0, 0.1) is 0 Å². The summed E-state index contributed by atoms with van der Waals surface area (Å²) in [5.74, 6) is -0.299. The lowest BCUT2D eigenvalue weighted by atomic mass is 10.2. The van der Waals surface area contributed by atoms with Gasteiger partial charge < -0.3 is 5.32 Å². The van der Waals surface area contributed by atoms with E-state index in [9.17, 15) is 14.4 Å². The number of benzene rings is 2. The molecule has 0 spiro atoms. The summed E-state index contributed by atoms with van der Waals surface area (Å²) in [6.45, 7) is 0.512. The molecule has 0 atom stereocenters. The van der Waals surface area contributed by atoms with Gasteiger partial charge in [-0.2, -0.15) is 0 Å². The first-order chi connectivity index (χ1) is 14.4. The maximum atomic E-state index is 13.0. The Labute approximate surface area is 181 Å². The highest BCUT2D eigenvalue weighted by Gasteiger charge is 2.18. The topological polar surface area (TPSA) is 73.1 Å². The van der Waals surface area contributed by atoms with E-state index in [1.54, 1.807) is 25.2 Å². The van der Waals surface area contributed by atoms with Gasteiger partial charge in [0.05, 0.1) is 16.8 Å². The molecule has 6 nitrogen and oxygen atoms in total. The number of nitrogens with zero attached hydrogens (tertiary/aromatic N) is 2. The lowest BCUT2D eigenvalue weighted by Crippen LogP contribution is -2.38. The van der Waals surface area contributed by atoms with Crippen molar-refractivity contribution in [2.45, 2.75) is 13.1 Å². The summed E-state index contributed by atoms with van der Waals surface area (Å²) in [7, 11) is 1.61. The third kappa shape index (κ3) is 3.94. The Morgan fingerprint density at radius 3 is 2.43 bits per heavy atom. The zero-order valence-electron chi connectivity index (χ0n) is 16.1. The van der Waals surface area contributed by atoms with E-state index >= 15 is 0 Å². The first-order valence-corrected chi connectivity index (χ1v) is 10.4. The van der Waals surface area contributed by atoms with Crippen LogP contribution in [0.15, 0.2) is 70.3 Å². The summed E-state index contributed by atoms with van der Waals surface area (Å²) in [5, 5.41) is 3.82. The number of rotatable bonds is 5. The summed E-state index contributed by atoms with van der Waals surface area (Å²) >= 11 is 7.01. The molecule has 4 aromatic rings. The maximum Gasteiger partial charge on any atom is 0.332 e. The molecule has 152 valence electrons. The minimum atomic E-state index is -0.411. The van der Waals surface area contributed by atoms with Gasteiger partial charge in [-0.15, -0.1) is 11.3 Å². The van der Waals surface area contributed by atoms with Gasteiger partial charge in [-0.05, 0) is 29.3 Å². The summed E-state index contributed by atoms with van der Waals surface area (Å²) in [6, 6.07) is 18.1. The quantitative estimate of drug-likeness (QED) is 0.518. The van der Waals surface area contributed by atoms with E-state index in [1.165, 1.54) is 9.13 Å². The van der Waals surface area contributed by atoms with Crippen molar-refractivity contribution in [3.63, 3.8) is 0 Å². The highest BCUT2D eigenvalue weighted by Crippen LogP contribution is 2.22. The number of hydrogen-bond acceptors (Lipinski definition) is 4. The molecule has 0 saturated heterocycles. The molecule has 8 heteroatoms. The summed E-state index contributed by atoms with van der Waals surface area (Å²) < 4.78 is 2.61. The Morgan fingerprint density at radius 1 is 1.03 bits per heavy atom. The van der Waals surface area contributed by atoms with E-state index in [0.717, 1.165) is 22.5 Å². The van der Waals surface area contributed by atoms with Gasteiger partial charge in [0.1, 0.15) is 4.83 Å². The highest BCUT2D eigenvalue weighted by atomic mass is 35.5. The monoisotopic (exact) mass is 439 g/mol. The van der Waals surface area contributed by atoms with E-state index in [2.05, 4.69) is 5.32 Å². The molecular weight excluding hydrogens is 422 g/mol. The Kier molecular flexibility index (Phi) is 5.57. The van der Waals surface area contributed by atoms with Crippen molar-refractivity contribution in [2.24, 2.45) is 7.05 Å². The predicted molar refractivity (Wildman–Crippen MR) is 119 cm³/mol. The van der Waals surface area contributed by atoms with Gasteiger partial charge in [0.15, 0.2) is 0 Å². The van der Waals surface area contributed by atoms with Crippen LogP contribution in [-0.2, 0) is 20.1 Å². The molecule has 0 radical (unpaired) electrons. The van der Waals surface area contributed by atoms with Crippen LogP contribution >= 0.6 is 22.9 Å². The minimum absolute atomic E-state index is 0.177. The van der Waals surface area contributed by atoms with Crippen LogP contribution in [0.3, 0.4) is 0 Å². The van der Waals surface area contributed by atoms with Crippen LogP contribution in [0.4, 0.5) is 0 Å². The van der Waals surface area contributed by atoms with Crippen molar-refractivity contribution < 1.29 is 4.79 Å². The standard InChI is InChI=1S/C22H18ClN3O3S/c1-25-21-17(20(28)26(22(25)29)13-15-5-3-2-4-6-15)11-18(30-21)19(27)24-12-14-7-9-16(23)10-8-14/h2-11H,12-13H2,1H3,(H,24,27). The van der Waals surface area contributed by atoms with E-state index < -0.39 is 11.2 Å². The molecule has 30 heavy (non-hydrogen) atoms. The van der Waals surface area contributed by atoms with Crippen molar-refractivity contribution in [1.82, 2.24) is 14.5 Å². The molecule has 0 bridgehead atoms. The molecule has 0 aliphatic heterocycles. The van der Waals surface area contributed by atoms with Crippen LogP contribution in [0.2, 0.25) is 5.02 Å². The molecule has 0 fully saturated rings. The SMILES string of the molecule is Cn1c(=O)n(Cc2ccccc2)c(=O)c2cc(C(=O)NCc3ccc(Cl)cc3)sc21. The number of halogens is 1. The number of fused-ring (bicyclic) bond motifs is 1. The number of carbonyl (C=O) groups excluding carboxylic acids is 1. The molecule has 0 unspecified atom stereocenters. The molecule has 0 saturated carbocycles. The van der Waals surface area contributed by atoms with Crippen LogP contribution in [-0.4, -0.2) is 15.0 Å². The molecule has 1 N–H and O–H groups in total. The second-order valence-electron chi connectivity index (χ2n) is 6.86. The first kappa shape index (κ1) is 20.1. The fraction of sp³-hybridized carbons (Fsp3) is 0.136. The largest absolute Gasteiger partial charge is 0.347 e. The predicted octanol–water partition coefficient (Wildman–Crippen LogP) is 3.39. The molecule has 2 heterocycles. The van der Waals surface area contributed by atoms with Gasteiger partial charge in [-0.3, -0.25) is 18.7 Å². The number of aromatic nitrogens is 2. The van der Waals surface area contributed by atoms with Crippen molar-refractivity contribution in [3.05, 3.63) is 103 Å². The van der Waals surface area contributed by atoms with Gasteiger partial charge in [0.2, 0.25) is 0 Å². The van der Waals surface area contributed by atoms with Crippen molar-refractivity contribution in [1.29, 1.82) is 0 Å². The van der Waals surface area contributed by atoms with Crippen molar-refractivity contribution in [2.75, 3.05) is 0 Å². The Morgan fingerprint density at radius 2 is 1.73 bits per heavy atom. The molecule has 2 aromatic heterocycles. The Bertz CT molecular complexity index is 1340. The van der Waals surface area contributed by atoms with Crippen LogP contribution in [0.25, 0.3) is 10.2 Å². The summed E-state index contributed by atoms with van der Waals surface area (Å²) in [4.78, 5) is 39.2. The lowest BCUT2D eigenvalue weighted by molar-refractivity contribution is 0.0955. The number of thiophene rings is 1. The maximum absolute atomic E-state index is 13.0. The molecule has 2 aromatic carbocycles. The zero-order valence-corrected chi connectivity index (χ0v) is 17.7. The minimum Gasteiger partial charge on any atom is -0.347 e.